The maximum absolute atomic E-state index is 8.77. The number of benzene rings is 1. The number of nitrogens with two attached hydrogens (primary N) is 1. The number of rotatable bonds is 4. The van der Waals surface area contributed by atoms with Gasteiger partial charge in [-0.05, 0) is 18.2 Å². The fraction of sp³-hybridized carbons (Fsp3) is 0.462. The molecule has 0 bridgehead atoms. The van der Waals surface area contributed by atoms with Gasteiger partial charge >= 0.3 is 0 Å². The van der Waals surface area contributed by atoms with E-state index in [0.717, 1.165) is 18.7 Å². The van der Waals surface area contributed by atoms with Crippen molar-refractivity contribution in [3.05, 3.63) is 23.8 Å². The third-order valence-electron chi connectivity index (χ3n) is 3.28. The van der Waals surface area contributed by atoms with Gasteiger partial charge in [0.25, 0.3) is 0 Å². The molecule has 0 radical (unpaired) electrons. The van der Waals surface area contributed by atoms with Crippen molar-refractivity contribution in [2.75, 3.05) is 37.9 Å². The van der Waals surface area contributed by atoms with Crippen molar-refractivity contribution < 1.29 is 9.47 Å². The molecule has 1 aliphatic rings. The van der Waals surface area contributed by atoms with Crippen LogP contribution in [0.4, 0.5) is 11.4 Å². The van der Waals surface area contributed by atoms with E-state index in [9.17, 15) is 0 Å². The van der Waals surface area contributed by atoms with Crippen molar-refractivity contribution in [1.29, 1.82) is 5.26 Å². The third-order valence-corrected chi connectivity index (χ3v) is 3.28. The summed E-state index contributed by atoms with van der Waals surface area (Å²) in [4.78, 5) is 0. The molecule has 1 aromatic rings. The summed E-state index contributed by atoms with van der Waals surface area (Å²) in [6.07, 6.45) is 0.868. The zero-order chi connectivity index (χ0) is 13.0. The van der Waals surface area contributed by atoms with Crippen LogP contribution >= 0.6 is 0 Å². The van der Waals surface area contributed by atoms with Gasteiger partial charge in [-0.15, -0.1) is 0 Å². The number of nitrogens with zero attached hydrogens (tertiary/aromatic N) is 1. The van der Waals surface area contributed by atoms with Gasteiger partial charge in [-0.2, -0.15) is 5.26 Å². The maximum Gasteiger partial charge on any atom is 0.110 e. The van der Waals surface area contributed by atoms with E-state index in [-0.39, 0.29) is 5.60 Å². The molecule has 2 rings (SSSR count). The minimum Gasteiger partial charge on any atom is -0.397 e. The first kappa shape index (κ1) is 12.7. The number of nitriles is 1. The standard InChI is InChI=1S/C13H17N3O2/c1-17-13(4-5-18-9-13)8-16-12-3-2-10(7-14)6-11(12)15/h2-3,6,16H,4-5,8-9,15H2,1H3. The van der Waals surface area contributed by atoms with Crippen molar-refractivity contribution >= 4 is 11.4 Å². The first-order valence-corrected chi connectivity index (χ1v) is 5.85. The summed E-state index contributed by atoms with van der Waals surface area (Å²) in [5.74, 6) is 0. The molecule has 0 aliphatic carbocycles. The van der Waals surface area contributed by atoms with Crippen LogP contribution in [0.1, 0.15) is 12.0 Å². The molecule has 96 valence electrons. The largest absolute Gasteiger partial charge is 0.397 e. The lowest BCUT2D eigenvalue weighted by molar-refractivity contribution is -0.00618. The molecule has 1 saturated heterocycles. The highest BCUT2D eigenvalue weighted by atomic mass is 16.5. The van der Waals surface area contributed by atoms with Gasteiger partial charge < -0.3 is 20.5 Å². The lowest BCUT2D eigenvalue weighted by atomic mass is 10.0. The fourth-order valence-electron chi connectivity index (χ4n) is 2.01. The average molecular weight is 247 g/mol. The van der Waals surface area contributed by atoms with E-state index in [1.54, 1.807) is 19.2 Å². The molecule has 0 aromatic heterocycles. The highest BCUT2D eigenvalue weighted by Crippen LogP contribution is 2.25. The fourth-order valence-corrected chi connectivity index (χ4v) is 2.01. The highest BCUT2D eigenvalue weighted by molar-refractivity contribution is 5.68. The van der Waals surface area contributed by atoms with Crippen LogP contribution in [-0.4, -0.2) is 32.5 Å². The topological polar surface area (TPSA) is 80.3 Å². The Labute approximate surface area is 106 Å². The number of hydrogen-bond acceptors (Lipinski definition) is 5. The van der Waals surface area contributed by atoms with Crippen LogP contribution in [0.15, 0.2) is 18.2 Å². The Bertz CT molecular complexity index is 462. The summed E-state index contributed by atoms with van der Waals surface area (Å²) in [6, 6.07) is 7.27. The van der Waals surface area contributed by atoms with Crippen LogP contribution in [-0.2, 0) is 9.47 Å². The summed E-state index contributed by atoms with van der Waals surface area (Å²) in [5.41, 5.74) is 7.55. The minimum absolute atomic E-state index is 0.277. The lowest BCUT2D eigenvalue weighted by Crippen LogP contribution is -2.39. The molecule has 1 aromatic carbocycles. The molecule has 18 heavy (non-hydrogen) atoms. The second-order valence-corrected chi connectivity index (χ2v) is 4.46. The number of nitrogen functional groups attached to an aromatic ring is 1. The molecule has 1 atom stereocenters. The summed E-state index contributed by atoms with van der Waals surface area (Å²) >= 11 is 0. The zero-order valence-corrected chi connectivity index (χ0v) is 10.4. The quantitative estimate of drug-likeness (QED) is 0.785. The summed E-state index contributed by atoms with van der Waals surface area (Å²) in [5, 5.41) is 12.0. The Balaban J connectivity index is 2.04. The lowest BCUT2D eigenvalue weighted by Gasteiger charge is -2.26. The summed E-state index contributed by atoms with van der Waals surface area (Å²) in [7, 11) is 1.69. The minimum atomic E-state index is -0.277. The number of ether oxygens (including phenoxy) is 2. The molecule has 1 heterocycles. The van der Waals surface area contributed by atoms with Crippen molar-refractivity contribution in [3.8, 4) is 6.07 Å². The van der Waals surface area contributed by atoms with E-state index in [2.05, 4.69) is 11.4 Å². The Morgan fingerprint density at radius 3 is 3.00 bits per heavy atom. The molecule has 0 spiro atoms. The van der Waals surface area contributed by atoms with Gasteiger partial charge in [0, 0.05) is 26.7 Å². The monoisotopic (exact) mass is 247 g/mol. The van der Waals surface area contributed by atoms with E-state index >= 15 is 0 Å². The highest BCUT2D eigenvalue weighted by Gasteiger charge is 2.34. The van der Waals surface area contributed by atoms with E-state index in [0.29, 0.717) is 24.4 Å². The molecule has 5 heteroatoms. The van der Waals surface area contributed by atoms with Gasteiger partial charge in [0.15, 0.2) is 0 Å². The molecule has 1 unspecified atom stereocenters. The van der Waals surface area contributed by atoms with Gasteiger partial charge in [-0.3, -0.25) is 0 Å². The van der Waals surface area contributed by atoms with E-state index in [1.807, 2.05) is 6.07 Å². The second kappa shape index (κ2) is 5.25. The first-order chi connectivity index (χ1) is 8.69. The molecule has 1 aliphatic heterocycles. The molecule has 5 nitrogen and oxygen atoms in total. The predicted octanol–water partition coefficient (Wildman–Crippen LogP) is 1.36. The zero-order valence-electron chi connectivity index (χ0n) is 10.4. The smallest absolute Gasteiger partial charge is 0.110 e. The molecular formula is C13H17N3O2. The SMILES string of the molecule is COC1(CNc2ccc(C#N)cc2N)CCOC1. The van der Waals surface area contributed by atoms with E-state index in [1.165, 1.54) is 0 Å². The molecule has 3 N–H and O–H groups in total. The Morgan fingerprint density at radius 2 is 2.44 bits per heavy atom. The van der Waals surface area contributed by atoms with E-state index < -0.39 is 0 Å². The Kier molecular flexibility index (Phi) is 3.70. The molecule has 0 saturated carbocycles. The Morgan fingerprint density at radius 1 is 1.61 bits per heavy atom. The first-order valence-electron chi connectivity index (χ1n) is 5.85. The van der Waals surface area contributed by atoms with Crippen LogP contribution in [0.25, 0.3) is 0 Å². The van der Waals surface area contributed by atoms with Gasteiger partial charge in [0.05, 0.1) is 29.6 Å². The maximum atomic E-state index is 8.77. The molecule has 0 amide bonds. The van der Waals surface area contributed by atoms with Crippen LogP contribution in [0.5, 0.6) is 0 Å². The van der Waals surface area contributed by atoms with Crippen LogP contribution in [0.2, 0.25) is 0 Å². The van der Waals surface area contributed by atoms with Crippen molar-refractivity contribution in [3.63, 3.8) is 0 Å². The van der Waals surface area contributed by atoms with Crippen LogP contribution < -0.4 is 11.1 Å². The van der Waals surface area contributed by atoms with E-state index in [4.69, 9.17) is 20.5 Å². The van der Waals surface area contributed by atoms with Crippen molar-refractivity contribution in [2.24, 2.45) is 0 Å². The summed E-state index contributed by atoms with van der Waals surface area (Å²) in [6.45, 7) is 1.95. The van der Waals surface area contributed by atoms with Gasteiger partial charge in [-0.1, -0.05) is 0 Å². The van der Waals surface area contributed by atoms with Gasteiger partial charge in [0.1, 0.15) is 5.60 Å². The van der Waals surface area contributed by atoms with Gasteiger partial charge in [-0.25, -0.2) is 0 Å². The van der Waals surface area contributed by atoms with Crippen LogP contribution in [0.3, 0.4) is 0 Å². The average Bonchev–Trinajstić information content (AvgIpc) is 2.86. The predicted molar refractivity (Wildman–Crippen MR) is 69.2 cm³/mol. The number of methoxy groups -OCH3 is 1. The Hall–Kier alpha value is -1.77. The molecular weight excluding hydrogens is 230 g/mol. The van der Waals surface area contributed by atoms with Crippen molar-refractivity contribution in [2.45, 2.75) is 12.0 Å². The van der Waals surface area contributed by atoms with Gasteiger partial charge in [0.2, 0.25) is 0 Å². The number of nitrogens with one attached hydrogen (secondary N) is 1. The molecule has 1 fully saturated rings. The normalized spacial score (nSPS) is 22.7. The summed E-state index contributed by atoms with van der Waals surface area (Å²) < 4.78 is 10.9. The van der Waals surface area contributed by atoms with Crippen molar-refractivity contribution in [1.82, 2.24) is 0 Å². The second-order valence-electron chi connectivity index (χ2n) is 4.46. The third kappa shape index (κ3) is 2.55. The number of hydrogen-bond donors (Lipinski definition) is 2. The van der Waals surface area contributed by atoms with Crippen LogP contribution in [0, 0.1) is 11.3 Å². The number of anilines is 2.